The maximum absolute atomic E-state index is 4.32. The van der Waals surface area contributed by atoms with Crippen LogP contribution in [0.15, 0.2) is 23.8 Å². The van der Waals surface area contributed by atoms with Crippen LogP contribution >= 0.6 is 0 Å². The van der Waals surface area contributed by atoms with Crippen molar-refractivity contribution in [3.8, 4) is 0 Å². The summed E-state index contributed by atoms with van der Waals surface area (Å²) in [6, 6.07) is 0. The molecule has 0 heterocycles. The topological polar surface area (TPSA) is 0 Å². The van der Waals surface area contributed by atoms with Crippen LogP contribution in [0.5, 0.6) is 0 Å². The summed E-state index contributed by atoms with van der Waals surface area (Å²) in [5, 5.41) is 0. The highest BCUT2D eigenvalue weighted by Gasteiger charge is 2.40. The van der Waals surface area contributed by atoms with Gasteiger partial charge in [-0.25, -0.2) is 0 Å². The molecule has 1 saturated carbocycles. The molecule has 2 rings (SSSR count). The van der Waals surface area contributed by atoms with E-state index in [0.717, 1.165) is 11.8 Å². The number of hydrogen-bond donors (Lipinski definition) is 0. The van der Waals surface area contributed by atoms with Crippen molar-refractivity contribution in [2.24, 2.45) is 17.3 Å². The molecule has 1 fully saturated rings. The molecule has 0 bridgehead atoms. The highest BCUT2D eigenvalue weighted by molar-refractivity contribution is 5.15. The highest BCUT2D eigenvalue weighted by Crippen LogP contribution is 2.51. The molecule has 0 spiro atoms. The lowest BCUT2D eigenvalue weighted by Crippen LogP contribution is -2.12. The van der Waals surface area contributed by atoms with Crippen LogP contribution in [0.2, 0.25) is 0 Å². The average Bonchev–Trinajstić information content (AvgIpc) is 2.39. The number of fused-ring (bicyclic) bond motifs is 1. The summed E-state index contributed by atoms with van der Waals surface area (Å²) >= 11 is 0. The van der Waals surface area contributed by atoms with Crippen molar-refractivity contribution in [1.29, 1.82) is 0 Å². The van der Waals surface area contributed by atoms with Crippen molar-refractivity contribution in [2.75, 3.05) is 0 Å². The maximum atomic E-state index is 4.32. The minimum atomic E-state index is 0.545. The molecule has 84 valence electrons. The first-order valence-electron chi connectivity index (χ1n) is 6.31. The largest absolute Gasteiger partial charge is 0.0996 e. The van der Waals surface area contributed by atoms with Gasteiger partial charge in [0.15, 0.2) is 0 Å². The van der Waals surface area contributed by atoms with E-state index in [-0.39, 0.29) is 0 Å². The van der Waals surface area contributed by atoms with Gasteiger partial charge in [-0.05, 0) is 56.3 Å². The molecular formula is C15H24. The van der Waals surface area contributed by atoms with Crippen LogP contribution in [0, 0.1) is 17.3 Å². The molecule has 0 aromatic rings. The fourth-order valence-electron chi connectivity index (χ4n) is 3.58. The lowest BCUT2D eigenvalue weighted by molar-refractivity contribution is 0.359. The normalized spacial score (nSPS) is 38.9. The predicted octanol–water partition coefficient (Wildman–Crippen LogP) is 4.73. The number of rotatable bonds is 0. The van der Waals surface area contributed by atoms with E-state index in [1.165, 1.54) is 37.7 Å². The van der Waals surface area contributed by atoms with E-state index in [4.69, 9.17) is 0 Å². The summed E-state index contributed by atoms with van der Waals surface area (Å²) in [7, 11) is 0. The Balaban J connectivity index is 2.20. The molecule has 2 aliphatic carbocycles. The lowest BCUT2D eigenvalue weighted by atomic mass is 9.81. The van der Waals surface area contributed by atoms with Gasteiger partial charge < -0.3 is 0 Å². The van der Waals surface area contributed by atoms with Crippen LogP contribution in [0.25, 0.3) is 0 Å². The van der Waals surface area contributed by atoms with E-state index in [1.54, 1.807) is 5.57 Å². The summed E-state index contributed by atoms with van der Waals surface area (Å²) in [5.41, 5.74) is 3.67. The third-order valence-corrected chi connectivity index (χ3v) is 4.22. The molecule has 0 heteroatoms. The van der Waals surface area contributed by atoms with Gasteiger partial charge in [-0.1, -0.05) is 37.6 Å². The summed E-state index contributed by atoms with van der Waals surface area (Å²) in [5.74, 6) is 1.69. The molecular weight excluding hydrogens is 180 g/mol. The zero-order chi connectivity index (χ0) is 11.1. The zero-order valence-corrected chi connectivity index (χ0v) is 10.5. The van der Waals surface area contributed by atoms with Crippen LogP contribution in [0.4, 0.5) is 0 Å². The van der Waals surface area contributed by atoms with Gasteiger partial charge in [0.1, 0.15) is 0 Å². The Kier molecular flexibility index (Phi) is 2.79. The molecule has 0 saturated heterocycles. The first-order valence-corrected chi connectivity index (χ1v) is 6.31. The standard InChI is InChI=1S/C15H24/c1-11-6-5-7-12(2)14-10-15(3,4)9-13(14)8-11/h6,13-14H,2,5,7-10H2,1,3-4H3/b11-6-/t13-,14?/m0/s1. The van der Waals surface area contributed by atoms with Crippen molar-refractivity contribution in [1.82, 2.24) is 0 Å². The van der Waals surface area contributed by atoms with Crippen LogP contribution in [0.1, 0.15) is 52.9 Å². The van der Waals surface area contributed by atoms with Gasteiger partial charge in [-0.3, -0.25) is 0 Å². The minimum Gasteiger partial charge on any atom is -0.0996 e. The van der Waals surface area contributed by atoms with Crippen molar-refractivity contribution < 1.29 is 0 Å². The van der Waals surface area contributed by atoms with E-state index in [0.29, 0.717) is 5.41 Å². The maximum Gasteiger partial charge on any atom is -0.0169 e. The second-order valence-electron chi connectivity index (χ2n) is 6.39. The van der Waals surface area contributed by atoms with Gasteiger partial charge in [0.05, 0.1) is 0 Å². The van der Waals surface area contributed by atoms with Crippen molar-refractivity contribution >= 4 is 0 Å². The smallest absolute Gasteiger partial charge is 0.0169 e. The Bertz CT molecular complexity index is 293. The van der Waals surface area contributed by atoms with E-state index in [2.05, 4.69) is 33.4 Å². The van der Waals surface area contributed by atoms with Gasteiger partial charge >= 0.3 is 0 Å². The lowest BCUT2D eigenvalue weighted by Gasteiger charge is -2.24. The third kappa shape index (κ3) is 2.35. The fraction of sp³-hybridized carbons (Fsp3) is 0.733. The molecule has 0 radical (unpaired) electrons. The van der Waals surface area contributed by atoms with Crippen molar-refractivity contribution in [3.63, 3.8) is 0 Å². The zero-order valence-electron chi connectivity index (χ0n) is 10.5. The molecule has 0 nitrogen and oxygen atoms in total. The van der Waals surface area contributed by atoms with Crippen LogP contribution in [-0.4, -0.2) is 0 Å². The number of hydrogen-bond acceptors (Lipinski definition) is 0. The number of allylic oxidation sites excluding steroid dienone is 3. The highest BCUT2D eigenvalue weighted by atomic mass is 14.4. The van der Waals surface area contributed by atoms with Gasteiger partial charge in [0.2, 0.25) is 0 Å². The van der Waals surface area contributed by atoms with E-state index >= 15 is 0 Å². The van der Waals surface area contributed by atoms with Crippen LogP contribution in [0.3, 0.4) is 0 Å². The Morgan fingerprint density at radius 1 is 1.33 bits per heavy atom. The minimum absolute atomic E-state index is 0.545. The summed E-state index contributed by atoms with van der Waals surface area (Å²) in [6.45, 7) is 11.5. The fourth-order valence-corrected chi connectivity index (χ4v) is 3.58. The molecule has 15 heavy (non-hydrogen) atoms. The molecule has 0 N–H and O–H groups in total. The Morgan fingerprint density at radius 3 is 2.80 bits per heavy atom. The Morgan fingerprint density at radius 2 is 2.07 bits per heavy atom. The molecule has 0 amide bonds. The van der Waals surface area contributed by atoms with E-state index in [1.807, 2.05) is 0 Å². The summed E-state index contributed by atoms with van der Waals surface area (Å²) in [6.07, 6.45) is 8.92. The Hall–Kier alpha value is -0.520. The molecule has 0 aliphatic heterocycles. The SMILES string of the molecule is C=C1CC/C=C(/C)C[C@H]2CC(C)(C)CC12. The molecule has 2 aliphatic rings. The van der Waals surface area contributed by atoms with Gasteiger partial charge in [0.25, 0.3) is 0 Å². The average molecular weight is 204 g/mol. The van der Waals surface area contributed by atoms with Crippen LogP contribution < -0.4 is 0 Å². The molecule has 1 unspecified atom stereocenters. The van der Waals surface area contributed by atoms with E-state index in [9.17, 15) is 0 Å². The van der Waals surface area contributed by atoms with Gasteiger partial charge in [0, 0.05) is 0 Å². The van der Waals surface area contributed by atoms with Crippen molar-refractivity contribution in [2.45, 2.75) is 52.9 Å². The second-order valence-corrected chi connectivity index (χ2v) is 6.39. The predicted molar refractivity (Wildman–Crippen MR) is 66.7 cm³/mol. The third-order valence-electron chi connectivity index (χ3n) is 4.22. The Labute approximate surface area is 94.5 Å². The van der Waals surface area contributed by atoms with E-state index < -0.39 is 0 Å². The second kappa shape index (κ2) is 3.81. The molecule has 0 aromatic carbocycles. The summed E-state index contributed by atoms with van der Waals surface area (Å²) in [4.78, 5) is 0. The first kappa shape index (κ1) is 11.0. The molecule has 2 atom stereocenters. The first-order chi connectivity index (χ1) is 6.98. The monoisotopic (exact) mass is 204 g/mol. The van der Waals surface area contributed by atoms with Gasteiger partial charge in [-0.2, -0.15) is 0 Å². The van der Waals surface area contributed by atoms with Crippen molar-refractivity contribution in [3.05, 3.63) is 23.8 Å². The van der Waals surface area contributed by atoms with Crippen LogP contribution in [-0.2, 0) is 0 Å². The quantitative estimate of drug-likeness (QED) is 0.501. The summed E-state index contributed by atoms with van der Waals surface area (Å²) < 4.78 is 0. The molecule has 0 aromatic heterocycles. The van der Waals surface area contributed by atoms with Gasteiger partial charge in [-0.15, -0.1) is 0 Å².